The molecule has 1 N–H and O–H groups in total. The molecule has 13 heavy (non-hydrogen) atoms. The number of carbonyl (C=O) groups excluding carboxylic acids is 2. The summed E-state index contributed by atoms with van der Waals surface area (Å²) in [4.78, 5) is 26.3. The van der Waals surface area contributed by atoms with Crippen LogP contribution in [0.25, 0.3) is 0 Å². The molecule has 0 aromatic heterocycles. The Balaban J connectivity index is 0. The minimum atomic E-state index is -0.664. The van der Waals surface area contributed by atoms with Crippen LogP contribution in [0.4, 0.5) is 0 Å². The molecule has 1 unspecified atom stereocenters. The van der Waals surface area contributed by atoms with Crippen LogP contribution in [0, 0.1) is 11.3 Å². The van der Waals surface area contributed by atoms with Gasteiger partial charge < -0.3 is 4.84 Å². The summed E-state index contributed by atoms with van der Waals surface area (Å²) in [5, 5.41) is 0. The standard InChI is InChI=1S/C7H11NO3.2CH4/c1-7(2,3)4-5(9)8-11-6(4)10;;/h4H,1-3H3,(H,8,9);2*1H4. The number of hydrogen-bond acceptors (Lipinski definition) is 3. The van der Waals surface area contributed by atoms with Crippen LogP contribution >= 0.6 is 0 Å². The summed E-state index contributed by atoms with van der Waals surface area (Å²) < 4.78 is 0. The van der Waals surface area contributed by atoms with Gasteiger partial charge in [-0.1, -0.05) is 35.6 Å². The molecule has 0 bridgehead atoms. The third-order valence-corrected chi connectivity index (χ3v) is 1.62. The van der Waals surface area contributed by atoms with Crippen molar-refractivity contribution in [1.29, 1.82) is 0 Å². The third kappa shape index (κ3) is 2.72. The first-order valence-electron chi connectivity index (χ1n) is 3.43. The van der Waals surface area contributed by atoms with E-state index < -0.39 is 11.9 Å². The van der Waals surface area contributed by atoms with Gasteiger partial charge in [0.2, 0.25) is 0 Å². The summed E-state index contributed by atoms with van der Waals surface area (Å²) in [6.07, 6.45) is 0. The second-order valence-corrected chi connectivity index (χ2v) is 3.69. The average Bonchev–Trinajstić information content (AvgIpc) is 2.08. The predicted molar refractivity (Wildman–Crippen MR) is 50.6 cm³/mol. The van der Waals surface area contributed by atoms with Gasteiger partial charge in [-0.3, -0.25) is 4.79 Å². The van der Waals surface area contributed by atoms with Crippen molar-refractivity contribution in [3.8, 4) is 0 Å². The number of amides is 1. The van der Waals surface area contributed by atoms with E-state index in [-0.39, 0.29) is 26.2 Å². The summed E-state index contributed by atoms with van der Waals surface area (Å²) in [6.45, 7) is 5.47. The van der Waals surface area contributed by atoms with Crippen LogP contribution in [0.3, 0.4) is 0 Å². The van der Waals surface area contributed by atoms with E-state index >= 15 is 0 Å². The normalized spacial score (nSPS) is 21.0. The van der Waals surface area contributed by atoms with E-state index in [1.807, 2.05) is 26.3 Å². The number of rotatable bonds is 0. The van der Waals surface area contributed by atoms with Gasteiger partial charge in [0, 0.05) is 0 Å². The lowest BCUT2D eigenvalue weighted by Crippen LogP contribution is -2.31. The molecule has 0 aromatic rings. The van der Waals surface area contributed by atoms with Crippen molar-refractivity contribution in [3.63, 3.8) is 0 Å². The van der Waals surface area contributed by atoms with Crippen LogP contribution in [0.1, 0.15) is 35.6 Å². The highest BCUT2D eigenvalue weighted by Gasteiger charge is 2.44. The molecule has 0 spiro atoms. The van der Waals surface area contributed by atoms with Crippen molar-refractivity contribution < 1.29 is 14.4 Å². The van der Waals surface area contributed by atoms with Gasteiger partial charge in [-0.25, -0.2) is 4.79 Å². The summed E-state index contributed by atoms with van der Waals surface area (Å²) in [5.74, 6) is -1.49. The molecule has 1 saturated heterocycles. The van der Waals surface area contributed by atoms with Crippen LogP contribution in [-0.4, -0.2) is 11.9 Å². The lowest BCUT2D eigenvalue weighted by Gasteiger charge is -2.19. The highest BCUT2D eigenvalue weighted by Crippen LogP contribution is 2.29. The summed E-state index contributed by atoms with van der Waals surface area (Å²) in [7, 11) is 0. The van der Waals surface area contributed by atoms with Crippen LogP contribution < -0.4 is 5.48 Å². The molecule has 1 fully saturated rings. The lowest BCUT2D eigenvalue weighted by molar-refractivity contribution is -0.147. The van der Waals surface area contributed by atoms with E-state index in [1.54, 1.807) is 0 Å². The van der Waals surface area contributed by atoms with Crippen molar-refractivity contribution in [2.45, 2.75) is 35.6 Å². The molecule has 1 aliphatic rings. The van der Waals surface area contributed by atoms with Gasteiger partial charge in [0.15, 0.2) is 0 Å². The Morgan fingerprint density at radius 2 is 1.69 bits per heavy atom. The second kappa shape index (κ2) is 4.25. The smallest absolute Gasteiger partial charge is 0.340 e. The van der Waals surface area contributed by atoms with Crippen LogP contribution in [-0.2, 0) is 14.4 Å². The Labute approximate surface area is 79.6 Å². The van der Waals surface area contributed by atoms with Crippen LogP contribution in [0.2, 0.25) is 0 Å². The second-order valence-electron chi connectivity index (χ2n) is 3.69. The zero-order chi connectivity index (χ0) is 8.65. The van der Waals surface area contributed by atoms with Crippen LogP contribution in [0.5, 0.6) is 0 Å². The van der Waals surface area contributed by atoms with E-state index in [9.17, 15) is 9.59 Å². The largest absolute Gasteiger partial charge is 0.345 e. The average molecular weight is 189 g/mol. The Morgan fingerprint density at radius 1 is 1.23 bits per heavy atom. The molecule has 0 aliphatic carbocycles. The minimum absolute atomic E-state index is 0. The van der Waals surface area contributed by atoms with Crippen LogP contribution in [0.15, 0.2) is 0 Å². The molecule has 1 amide bonds. The van der Waals surface area contributed by atoms with Gasteiger partial charge in [0.1, 0.15) is 5.92 Å². The lowest BCUT2D eigenvalue weighted by atomic mass is 9.81. The molecule has 0 aromatic carbocycles. The zero-order valence-electron chi connectivity index (χ0n) is 6.80. The molecular weight excluding hydrogens is 170 g/mol. The van der Waals surface area contributed by atoms with Gasteiger partial charge >= 0.3 is 5.97 Å². The van der Waals surface area contributed by atoms with Gasteiger partial charge in [-0.05, 0) is 5.41 Å². The maximum Gasteiger partial charge on any atom is 0.345 e. The van der Waals surface area contributed by atoms with Crippen molar-refractivity contribution >= 4 is 11.9 Å². The Kier molecular flexibility index (Phi) is 4.73. The molecule has 0 saturated carbocycles. The number of hydrogen-bond donors (Lipinski definition) is 1. The minimum Gasteiger partial charge on any atom is -0.340 e. The maximum atomic E-state index is 11.0. The molecular formula is C9H19NO3. The monoisotopic (exact) mass is 189 g/mol. The van der Waals surface area contributed by atoms with Gasteiger partial charge in [-0.15, -0.1) is 0 Å². The fourth-order valence-electron chi connectivity index (χ4n) is 1.07. The Hall–Kier alpha value is -1.06. The SMILES string of the molecule is C.C.CC(C)(C)C1C(=O)NOC1=O. The highest BCUT2D eigenvalue weighted by atomic mass is 16.7. The van der Waals surface area contributed by atoms with E-state index in [0.29, 0.717) is 0 Å². The Bertz CT molecular complexity index is 189. The molecule has 1 heterocycles. The third-order valence-electron chi connectivity index (χ3n) is 1.62. The molecule has 4 nitrogen and oxygen atoms in total. The first kappa shape index (κ1) is 14.5. The van der Waals surface area contributed by atoms with Crippen molar-refractivity contribution in [2.24, 2.45) is 11.3 Å². The molecule has 4 heteroatoms. The molecule has 78 valence electrons. The number of carbonyl (C=O) groups is 2. The molecule has 0 radical (unpaired) electrons. The summed E-state index contributed by atoms with van der Waals surface area (Å²) in [6, 6.07) is 0. The van der Waals surface area contributed by atoms with Gasteiger partial charge in [0.25, 0.3) is 5.91 Å². The number of hydroxylamine groups is 1. The van der Waals surface area contributed by atoms with E-state index in [0.717, 1.165) is 0 Å². The first-order valence-corrected chi connectivity index (χ1v) is 3.43. The molecule has 1 rings (SSSR count). The molecule has 1 aliphatic heterocycles. The first-order chi connectivity index (χ1) is 4.93. The fourth-order valence-corrected chi connectivity index (χ4v) is 1.07. The summed E-state index contributed by atoms with van der Waals surface area (Å²) >= 11 is 0. The maximum absolute atomic E-state index is 11.0. The topological polar surface area (TPSA) is 55.4 Å². The van der Waals surface area contributed by atoms with Gasteiger partial charge in [0.05, 0.1) is 0 Å². The number of nitrogens with one attached hydrogen (secondary N) is 1. The predicted octanol–water partition coefficient (Wildman–Crippen LogP) is 1.51. The molecule has 1 atom stereocenters. The van der Waals surface area contributed by atoms with Crippen molar-refractivity contribution in [2.75, 3.05) is 0 Å². The zero-order valence-corrected chi connectivity index (χ0v) is 6.80. The van der Waals surface area contributed by atoms with Crippen molar-refractivity contribution in [1.82, 2.24) is 5.48 Å². The fraction of sp³-hybridized carbons (Fsp3) is 0.778. The van der Waals surface area contributed by atoms with Crippen molar-refractivity contribution in [3.05, 3.63) is 0 Å². The van der Waals surface area contributed by atoms with E-state index in [1.165, 1.54) is 0 Å². The highest BCUT2D eigenvalue weighted by molar-refractivity contribution is 6.02. The van der Waals surface area contributed by atoms with E-state index in [2.05, 4.69) is 4.84 Å². The summed E-state index contributed by atoms with van der Waals surface area (Å²) in [5.41, 5.74) is 1.67. The van der Waals surface area contributed by atoms with E-state index in [4.69, 9.17) is 0 Å². The van der Waals surface area contributed by atoms with Gasteiger partial charge in [-0.2, -0.15) is 5.48 Å². The quantitative estimate of drug-likeness (QED) is 0.588. The Morgan fingerprint density at radius 3 is 1.85 bits per heavy atom.